The summed E-state index contributed by atoms with van der Waals surface area (Å²) in [6.45, 7) is 6.14. The summed E-state index contributed by atoms with van der Waals surface area (Å²) in [6, 6.07) is 0. The molecule has 0 saturated heterocycles. The van der Waals surface area contributed by atoms with Gasteiger partial charge in [-0.1, -0.05) is 18.5 Å². The predicted molar refractivity (Wildman–Crippen MR) is 47.5 cm³/mol. The third kappa shape index (κ3) is 1.78. The van der Waals surface area contributed by atoms with Crippen LogP contribution in [0.25, 0.3) is 0 Å². The molecule has 1 heterocycles. The van der Waals surface area contributed by atoms with Gasteiger partial charge in [-0.15, -0.1) is 0 Å². The molecule has 1 rings (SSSR count). The van der Waals surface area contributed by atoms with Gasteiger partial charge >= 0.3 is 0 Å². The fourth-order valence-electron chi connectivity index (χ4n) is 1.24. The zero-order valence-corrected chi connectivity index (χ0v) is 7.90. The molecule has 0 N–H and O–H groups in total. The zero-order valence-electron chi connectivity index (χ0n) is 7.15. The van der Waals surface area contributed by atoms with Crippen LogP contribution in [0.15, 0.2) is 22.9 Å². The second kappa shape index (κ2) is 2.90. The second-order valence-electron chi connectivity index (χ2n) is 3.20. The predicted octanol–water partition coefficient (Wildman–Crippen LogP) is 3.21. The SMILES string of the molecule is CCC1=CC(C)(C)O/C1=C/Cl. The Morgan fingerprint density at radius 2 is 2.27 bits per heavy atom. The van der Waals surface area contributed by atoms with E-state index in [0.717, 1.165) is 12.2 Å². The molecule has 0 aromatic heterocycles. The summed E-state index contributed by atoms with van der Waals surface area (Å²) in [5, 5.41) is 0. The minimum absolute atomic E-state index is 0.175. The van der Waals surface area contributed by atoms with Crippen molar-refractivity contribution in [2.45, 2.75) is 32.8 Å². The molecule has 1 aliphatic heterocycles. The van der Waals surface area contributed by atoms with Crippen LogP contribution in [0, 0.1) is 0 Å². The van der Waals surface area contributed by atoms with Crippen LogP contribution in [0.4, 0.5) is 0 Å². The number of hydrogen-bond donors (Lipinski definition) is 0. The maximum atomic E-state index is 5.58. The fraction of sp³-hybridized carbons (Fsp3) is 0.556. The van der Waals surface area contributed by atoms with E-state index >= 15 is 0 Å². The highest BCUT2D eigenvalue weighted by molar-refractivity contribution is 6.25. The summed E-state index contributed by atoms with van der Waals surface area (Å²) in [5.41, 5.74) is 2.53. The van der Waals surface area contributed by atoms with E-state index in [1.807, 2.05) is 13.8 Å². The van der Waals surface area contributed by atoms with Gasteiger partial charge in [-0.05, 0) is 31.9 Å². The molecule has 0 fully saturated rings. The van der Waals surface area contributed by atoms with Gasteiger partial charge in [-0.3, -0.25) is 0 Å². The molecule has 0 aliphatic carbocycles. The van der Waals surface area contributed by atoms with E-state index in [2.05, 4.69) is 13.0 Å². The van der Waals surface area contributed by atoms with Crippen LogP contribution in [0.2, 0.25) is 0 Å². The first-order chi connectivity index (χ1) is 5.09. The van der Waals surface area contributed by atoms with Gasteiger partial charge in [-0.25, -0.2) is 0 Å². The van der Waals surface area contributed by atoms with Gasteiger partial charge in [0.2, 0.25) is 0 Å². The lowest BCUT2D eigenvalue weighted by molar-refractivity contribution is 0.102. The molecule has 0 aromatic rings. The lowest BCUT2D eigenvalue weighted by atomic mass is 10.1. The third-order valence-corrected chi connectivity index (χ3v) is 1.89. The zero-order chi connectivity index (χ0) is 8.48. The highest BCUT2D eigenvalue weighted by atomic mass is 35.5. The van der Waals surface area contributed by atoms with Crippen LogP contribution >= 0.6 is 11.6 Å². The first kappa shape index (κ1) is 8.66. The van der Waals surface area contributed by atoms with Gasteiger partial charge in [0.25, 0.3) is 0 Å². The summed E-state index contributed by atoms with van der Waals surface area (Å²) < 4.78 is 5.54. The van der Waals surface area contributed by atoms with Crippen LogP contribution in [-0.2, 0) is 4.74 Å². The minimum atomic E-state index is -0.175. The van der Waals surface area contributed by atoms with E-state index in [1.54, 1.807) is 0 Å². The van der Waals surface area contributed by atoms with Crippen LogP contribution in [0.5, 0.6) is 0 Å². The number of ether oxygens (including phenoxy) is 1. The molecular formula is C9H13ClO. The highest BCUT2D eigenvalue weighted by Gasteiger charge is 2.26. The van der Waals surface area contributed by atoms with E-state index in [0.29, 0.717) is 0 Å². The second-order valence-corrected chi connectivity index (χ2v) is 3.42. The van der Waals surface area contributed by atoms with Gasteiger partial charge < -0.3 is 4.74 Å². The van der Waals surface area contributed by atoms with Crippen molar-refractivity contribution in [2.24, 2.45) is 0 Å². The first-order valence-electron chi connectivity index (χ1n) is 3.80. The Balaban J connectivity index is 2.89. The Kier molecular flexibility index (Phi) is 2.28. The first-order valence-corrected chi connectivity index (χ1v) is 4.24. The minimum Gasteiger partial charge on any atom is -0.483 e. The van der Waals surface area contributed by atoms with Crippen molar-refractivity contribution in [3.05, 3.63) is 22.9 Å². The van der Waals surface area contributed by atoms with Gasteiger partial charge in [0.1, 0.15) is 11.4 Å². The van der Waals surface area contributed by atoms with Gasteiger partial charge in [-0.2, -0.15) is 0 Å². The molecule has 0 aromatic carbocycles. The Hall–Kier alpha value is -0.430. The number of halogens is 1. The standard InChI is InChI=1S/C9H13ClO/c1-4-7-5-9(2,3)11-8(7)6-10/h5-6H,4H2,1-3H3/b8-6+. The number of rotatable bonds is 1. The van der Waals surface area contributed by atoms with Gasteiger partial charge in [0.05, 0.1) is 0 Å². The fourth-order valence-corrected chi connectivity index (χ4v) is 1.42. The average Bonchev–Trinajstić information content (AvgIpc) is 2.25. The summed E-state index contributed by atoms with van der Waals surface area (Å²) in [6.07, 6.45) is 3.09. The summed E-state index contributed by atoms with van der Waals surface area (Å²) in [7, 11) is 0. The molecule has 0 bridgehead atoms. The molecular weight excluding hydrogens is 160 g/mol. The molecule has 0 saturated carbocycles. The molecule has 0 atom stereocenters. The molecule has 1 nitrogen and oxygen atoms in total. The van der Waals surface area contributed by atoms with E-state index in [-0.39, 0.29) is 5.60 Å². The Bertz CT molecular complexity index is 214. The van der Waals surface area contributed by atoms with Crippen LogP contribution < -0.4 is 0 Å². The van der Waals surface area contributed by atoms with E-state index in [4.69, 9.17) is 16.3 Å². The summed E-state index contributed by atoms with van der Waals surface area (Å²) in [5.74, 6) is 0.819. The average molecular weight is 173 g/mol. The lowest BCUT2D eigenvalue weighted by Gasteiger charge is -2.15. The van der Waals surface area contributed by atoms with E-state index < -0.39 is 0 Å². The molecule has 1 aliphatic rings. The molecule has 62 valence electrons. The van der Waals surface area contributed by atoms with Crippen LogP contribution in [-0.4, -0.2) is 5.60 Å². The Morgan fingerprint density at radius 3 is 2.64 bits per heavy atom. The van der Waals surface area contributed by atoms with Crippen molar-refractivity contribution < 1.29 is 4.74 Å². The van der Waals surface area contributed by atoms with Crippen molar-refractivity contribution in [2.75, 3.05) is 0 Å². The summed E-state index contributed by atoms with van der Waals surface area (Å²) in [4.78, 5) is 0. The Morgan fingerprint density at radius 1 is 1.64 bits per heavy atom. The van der Waals surface area contributed by atoms with E-state index in [1.165, 1.54) is 11.1 Å². The maximum Gasteiger partial charge on any atom is 0.134 e. The molecule has 0 spiro atoms. The smallest absolute Gasteiger partial charge is 0.134 e. The number of allylic oxidation sites excluding steroid dienone is 1. The van der Waals surface area contributed by atoms with Crippen LogP contribution in [0.3, 0.4) is 0 Å². The van der Waals surface area contributed by atoms with Crippen molar-refractivity contribution >= 4 is 11.6 Å². The molecule has 0 radical (unpaired) electrons. The summed E-state index contributed by atoms with van der Waals surface area (Å²) >= 11 is 5.58. The molecule has 0 unspecified atom stereocenters. The quantitative estimate of drug-likeness (QED) is 0.590. The topological polar surface area (TPSA) is 9.23 Å². The van der Waals surface area contributed by atoms with Crippen LogP contribution in [0.1, 0.15) is 27.2 Å². The molecule has 11 heavy (non-hydrogen) atoms. The third-order valence-electron chi connectivity index (χ3n) is 1.69. The molecule has 2 heteroatoms. The lowest BCUT2D eigenvalue weighted by Crippen LogP contribution is -2.14. The van der Waals surface area contributed by atoms with Crippen molar-refractivity contribution in [3.8, 4) is 0 Å². The van der Waals surface area contributed by atoms with E-state index in [9.17, 15) is 0 Å². The van der Waals surface area contributed by atoms with Gasteiger partial charge in [0.15, 0.2) is 0 Å². The largest absolute Gasteiger partial charge is 0.483 e. The highest BCUT2D eigenvalue weighted by Crippen LogP contribution is 2.32. The maximum absolute atomic E-state index is 5.58. The van der Waals surface area contributed by atoms with Gasteiger partial charge in [0, 0.05) is 5.54 Å². The number of hydrogen-bond acceptors (Lipinski definition) is 1. The normalized spacial score (nSPS) is 25.1. The molecule has 0 amide bonds. The van der Waals surface area contributed by atoms with Crippen molar-refractivity contribution in [1.82, 2.24) is 0 Å². The Labute approximate surface area is 72.7 Å². The monoisotopic (exact) mass is 172 g/mol. The van der Waals surface area contributed by atoms with Crippen molar-refractivity contribution in [3.63, 3.8) is 0 Å². The van der Waals surface area contributed by atoms with Crippen molar-refractivity contribution in [1.29, 1.82) is 0 Å².